The number of hydrogen-bond donors (Lipinski definition) is 0. The number of pyridine rings is 1. The van der Waals surface area contributed by atoms with Crippen molar-refractivity contribution in [1.82, 2.24) is 4.98 Å². The molecule has 1 aromatic heterocycles. The molecule has 3 rings (SSSR count). The molecule has 0 spiro atoms. The minimum atomic E-state index is 0.176. The minimum absolute atomic E-state index is 0.176. The highest BCUT2D eigenvalue weighted by Crippen LogP contribution is 2.28. The Hall–Kier alpha value is -2.41. The first-order valence-corrected chi connectivity index (χ1v) is 9.32. The number of hydrogen-bond acceptors (Lipinski definition) is 1. The van der Waals surface area contributed by atoms with Crippen LogP contribution in [0.4, 0.5) is 0 Å². The molecule has 26 heavy (non-hydrogen) atoms. The van der Waals surface area contributed by atoms with Gasteiger partial charge in [0.2, 0.25) is 0 Å². The Morgan fingerprint density at radius 3 is 1.31 bits per heavy atom. The molecule has 0 saturated carbocycles. The standard InChI is InChI=1S/C25H29N/c1-24(2,3)21-12-7-18(8-13-21)20-11-16-23(26-17-20)19-9-14-22(15-10-19)25(4,5)6/h7-17H,1-6H3. The highest BCUT2D eigenvalue weighted by Gasteiger charge is 2.14. The van der Waals surface area contributed by atoms with Gasteiger partial charge in [-0.3, -0.25) is 4.98 Å². The summed E-state index contributed by atoms with van der Waals surface area (Å²) in [4.78, 5) is 4.69. The van der Waals surface area contributed by atoms with E-state index in [9.17, 15) is 0 Å². The van der Waals surface area contributed by atoms with Crippen LogP contribution >= 0.6 is 0 Å². The third-order valence-corrected chi connectivity index (χ3v) is 4.89. The van der Waals surface area contributed by atoms with E-state index in [2.05, 4.69) is 107 Å². The first kappa shape index (κ1) is 18.4. The van der Waals surface area contributed by atoms with Gasteiger partial charge in [-0.25, -0.2) is 0 Å². The lowest BCUT2D eigenvalue weighted by Crippen LogP contribution is -2.10. The molecule has 0 fully saturated rings. The Kier molecular flexibility index (Phi) is 4.75. The zero-order valence-corrected chi connectivity index (χ0v) is 16.8. The van der Waals surface area contributed by atoms with E-state index in [4.69, 9.17) is 0 Å². The molecule has 134 valence electrons. The molecular weight excluding hydrogens is 314 g/mol. The van der Waals surface area contributed by atoms with Crippen LogP contribution < -0.4 is 0 Å². The first-order chi connectivity index (χ1) is 12.1. The van der Waals surface area contributed by atoms with Crippen molar-refractivity contribution in [2.75, 3.05) is 0 Å². The van der Waals surface area contributed by atoms with Gasteiger partial charge >= 0.3 is 0 Å². The molecule has 1 heteroatoms. The van der Waals surface area contributed by atoms with E-state index in [1.54, 1.807) is 0 Å². The molecule has 0 N–H and O–H groups in total. The Morgan fingerprint density at radius 2 is 0.923 bits per heavy atom. The highest BCUT2D eigenvalue weighted by molar-refractivity contribution is 5.67. The van der Waals surface area contributed by atoms with Crippen molar-refractivity contribution in [3.8, 4) is 22.4 Å². The molecule has 0 aliphatic heterocycles. The Morgan fingerprint density at radius 1 is 0.500 bits per heavy atom. The van der Waals surface area contributed by atoms with Crippen LogP contribution in [0, 0.1) is 0 Å². The number of rotatable bonds is 2. The third kappa shape index (κ3) is 4.04. The molecule has 0 amide bonds. The van der Waals surface area contributed by atoms with Crippen LogP contribution in [0.2, 0.25) is 0 Å². The predicted octanol–water partition coefficient (Wildman–Crippen LogP) is 7.01. The van der Waals surface area contributed by atoms with E-state index in [1.807, 2.05) is 6.20 Å². The Bertz CT molecular complexity index is 779. The summed E-state index contributed by atoms with van der Waals surface area (Å²) in [6, 6.07) is 21.8. The molecule has 1 heterocycles. The molecule has 0 unspecified atom stereocenters. The molecular formula is C25H29N. The minimum Gasteiger partial charge on any atom is -0.256 e. The lowest BCUT2D eigenvalue weighted by atomic mass is 9.86. The van der Waals surface area contributed by atoms with E-state index in [1.165, 1.54) is 16.7 Å². The zero-order valence-electron chi connectivity index (χ0n) is 16.8. The molecule has 0 radical (unpaired) electrons. The average molecular weight is 344 g/mol. The van der Waals surface area contributed by atoms with Gasteiger partial charge in [0, 0.05) is 17.3 Å². The molecule has 0 aliphatic carbocycles. The summed E-state index contributed by atoms with van der Waals surface area (Å²) >= 11 is 0. The van der Waals surface area contributed by atoms with E-state index in [-0.39, 0.29) is 10.8 Å². The second-order valence-corrected chi connectivity index (χ2v) is 9.09. The first-order valence-electron chi connectivity index (χ1n) is 9.32. The van der Waals surface area contributed by atoms with E-state index in [0.29, 0.717) is 0 Å². The van der Waals surface area contributed by atoms with Crippen LogP contribution in [0.3, 0.4) is 0 Å². The fourth-order valence-corrected chi connectivity index (χ4v) is 3.04. The average Bonchev–Trinajstić information content (AvgIpc) is 2.61. The molecule has 0 bridgehead atoms. The van der Waals surface area contributed by atoms with Crippen molar-refractivity contribution < 1.29 is 0 Å². The highest BCUT2D eigenvalue weighted by atomic mass is 14.7. The topological polar surface area (TPSA) is 12.9 Å². The lowest BCUT2D eigenvalue weighted by Gasteiger charge is -2.19. The summed E-state index contributed by atoms with van der Waals surface area (Å²) in [5.74, 6) is 0. The van der Waals surface area contributed by atoms with Gasteiger partial charge in [0.1, 0.15) is 0 Å². The molecule has 1 nitrogen and oxygen atoms in total. The smallest absolute Gasteiger partial charge is 0.0702 e. The Labute approximate surface area is 158 Å². The van der Waals surface area contributed by atoms with Gasteiger partial charge in [-0.05, 0) is 33.6 Å². The van der Waals surface area contributed by atoms with Crippen molar-refractivity contribution in [3.63, 3.8) is 0 Å². The van der Waals surface area contributed by atoms with E-state index < -0.39 is 0 Å². The van der Waals surface area contributed by atoms with E-state index >= 15 is 0 Å². The van der Waals surface area contributed by atoms with Crippen molar-refractivity contribution in [2.24, 2.45) is 0 Å². The number of aromatic nitrogens is 1. The molecule has 0 atom stereocenters. The second kappa shape index (κ2) is 6.72. The fourth-order valence-electron chi connectivity index (χ4n) is 3.04. The van der Waals surface area contributed by atoms with Gasteiger partial charge in [-0.15, -0.1) is 0 Å². The summed E-state index contributed by atoms with van der Waals surface area (Å²) in [5, 5.41) is 0. The van der Waals surface area contributed by atoms with Crippen LogP contribution in [0.15, 0.2) is 66.9 Å². The van der Waals surface area contributed by atoms with Crippen molar-refractivity contribution in [1.29, 1.82) is 0 Å². The fraction of sp³-hybridized carbons (Fsp3) is 0.320. The van der Waals surface area contributed by atoms with Gasteiger partial charge < -0.3 is 0 Å². The van der Waals surface area contributed by atoms with Crippen LogP contribution in [0.25, 0.3) is 22.4 Å². The van der Waals surface area contributed by atoms with Gasteiger partial charge in [-0.2, -0.15) is 0 Å². The summed E-state index contributed by atoms with van der Waals surface area (Å²) in [6.45, 7) is 13.4. The monoisotopic (exact) mass is 343 g/mol. The summed E-state index contributed by atoms with van der Waals surface area (Å²) in [6.07, 6.45) is 1.97. The van der Waals surface area contributed by atoms with Gasteiger partial charge in [0.25, 0.3) is 0 Å². The molecule has 3 aromatic rings. The molecule has 2 aromatic carbocycles. The zero-order chi connectivity index (χ0) is 18.9. The van der Waals surface area contributed by atoms with Gasteiger partial charge in [-0.1, -0.05) is 96.1 Å². The second-order valence-electron chi connectivity index (χ2n) is 9.09. The maximum Gasteiger partial charge on any atom is 0.0702 e. The van der Waals surface area contributed by atoms with Gasteiger partial charge in [0.15, 0.2) is 0 Å². The van der Waals surface area contributed by atoms with Crippen molar-refractivity contribution in [2.45, 2.75) is 52.4 Å². The number of nitrogens with zero attached hydrogens (tertiary/aromatic N) is 1. The third-order valence-electron chi connectivity index (χ3n) is 4.89. The maximum atomic E-state index is 4.69. The quantitative estimate of drug-likeness (QED) is 0.487. The van der Waals surface area contributed by atoms with Crippen molar-refractivity contribution in [3.05, 3.63) is 78.0 Å². The SMILES string of the molecule is CC(C)(C)c1ccc(-c2ccc(-c3ccc(C(C)(C)C)cc3)nc2)cc1. The number of benzene rings is 2. The van der Waals surface area contributed by atoms with Crippen LogP contribution in [-0.4, -0.2) is 4.98 Å². The van der Waals surface area contributed by atoms with Crippen LogP contribution in [-0.2, 0) is 10.8 Å². The molecule has 0 aliphatic rings. The summed E-state index contributed by atoms with van der Waals surface area (Å²) in [5.41, 5.74) is 7.59. The van der Waals surface area contributed by atoms with Crippen molar-refractivity contribution >= 4 is 0 Å². The van der Waals surface area contributed by atoms with Crippen LogP contribution in [0.5, 0.6) is 0 Å². The predicted molar refractivity (Wildman–Crippen MR) is 113 cm³/mol. The maximum absolute atomic E-state index is 4.69. The van der Waals surface area contributed by atoms with Crippen LogP contribution in [0.1, 0.15) is 52.7 Å². The summed E-state index contributed by atoms with van der Waals surface area (Å²) < 4.78 is 0. The normalized spacial score (nSPS) is 12.2. The lowest BCUT2D eigenvalue weighted by molar-refractivity contribution is 0.590. The Balaban J connectivity index is 1.82. The van der Waals surface area contributed by atoms with E-state index in [0.717, 1.165) is 16.8 Å². The largest absolute Gasteiger partial charge is 0.256 e. The summed E-state index contributed by atoms with van der Waals surface area (Å²) in [7, 11) is 0. The van der Waals surface area contributed by atoms with Gasteiger partial charge in [0.05, 0.1) is 5.69 Å². The molecule has 0 saturated heterocycles.